The number of nitrogens with zero attached hydrogens (tertiary/aromatic N) is 1. The van der Waals surface area contributed by atoms with Crippen molar-refractivity contribution in [2.45, 2.75) is 12.7 Å². The number of hydrogen-bond acceptors (Lipinski definition) is 2. The smallest absolute Gasteiger partial charge is 0.325 e. The lowest BCUT2D eigenvalue weighted by molar-refractivity contribution is -0.137. The predicted octanol–water partition coefficient (Wildman–Crippen LogP) is 4.05. The van der Waals surface area contributed by atoms with Gasteiger partial charge in [-0.15, -0.1) is 0 Å². The van der Waals surface area contributed by atoms with E-state index in [2.05, 4.69) is 5.32 Å². The lowest BCUT2D eigenvalue weighted by atomic mass is 10.2. The van der Waals surface area contributed by atoms with Crippen molar-refractivity contribution in [3.8, 4) is 0 Å². The zero-order valence-corrected chi connectivity index (χ0v) is 13.2. The minimum atomic E-state index is -4.44. The highest BCUT2D eigenvalue weighted by molar-refractivity contribution is 5.92. The highest BCUT2D eigenvalue weighted by Gasteiger charge is 2.29. The van der Waals surface area contributed by atoms with Crippen molar-refractivity contribution >= 4 is 11.6 Å². The van der Waals surface area contributed by atoms with E-state index in [1.807, 2.05) is 0 Å². The molecule has 2 aromatic rings. The SMILES string of the molecule is CN(CC(=O)Nc1ccc(C(F)(F)F)cc1)Cc1ccc(F)c(F)c1. The van der Waals surface area contributed by atoms with Crippen LogP contribution >= 0.6 is 0 Å². The maximum absolute atomic E-state index is 13.1. The van der Waals surface area contributed by atoms with Crippen LogP contribution in [-0.4, -0.2) is 24.4 Å². The number of benzene rings is 2. The van der Waals surface area contributed by atoms with Gasteiger partial charge in [0.1, 0.15) is 0 Å². The summed E-state index contributed by atoms with van der Waals surface area (Å²) in [6, 6.07) is 7.52. The number of nitrogens with one attached hydrogen (secondary N) is 1. The summed E-state index contributed by atoms with van der Waals surface area (Å²) >= 11 is 0. The fourth-order valence-electron chi connectivity index (χ4n) is 2.19. The van der Waals surface area contributed by atoms with Crippen LogP contribution in [0.2, 0.25) is 0 Å². The summed E-state index contributed by atoms with van der Waals surface area (Å²) in [5.41, 5.74) is -0.0797. The molecule has 25 heavy (non-hydrogen) atoms. The second-order valence-electron chi connectivity index (χ2n) is 5.54. The first-order valence-corrected chi connectivity index (χ1v) is 7.25. The second kappa shape index (κ2) is 7.60. The average molecular weight is 358 g/mol. The van der Waals surface area contributed by atoms with Gasteiger partial charge in [-0.3, -0.25) is 9.69 Å². The normalized spacial score (nSPS) is 11.6. The minimum absolute atomic E-state index is 0.0694. The molecule has 0 radical (unpaired) electrons. The van der Waals surface area contributed by atoms with Gasteiger partial charge < -0.3 is 5.32 Å². The first kappa shape index (κ1) is 18.9. The van der Waals surface area contributed by atoms with E-state index in [1.54, 1.807) is 11.9 Å². The summed E-state index contributed by atoms with van der Waals surface area (Å²) in [7, 11) is 1.60. The third-order valence-electron chi connectivity index (χ3n) is 3.35. The Kier molecular flexibility index (Phi) is 5.73. The molecule has 0 unspecified atom stereocenters. The quantitative estimate of drug-likeness (QED) is 0.818. The zero-order chi connectivity index (χ0) is 18.6. The molecule has 3 nitrogen and oxygen atoms in total. The largest absolute Gasteiger partial charge is 0.416 e. The van der Waals surface area contributed by atoms with Gasteiger partial charge in [0.05, 0.1) is 12.1 Å². The number of alkyl halides is 3. The number of hydrogen-bond donors (Lipinski definition) is 1. The Morgan fingerprint density at radius 3 is 2.24 bits per heavy atom. The summed E-state index contributed by atoms with van der Waals surface area (Å²) < 4.78 is 63.4. The van der Waals surface area contributed by atoms with E-state index in [0.29, 0.717) is 5.56 Å². The van der Waals surface area contributed by atoms with Crippen LogP contribution in [0.15, 0.2) is 42.5 Å². The van der Waals surface area contributed by atoms with Crippen LogP contribution < -0.4 is 5.32 Å². The molecule has 1 N–H and O–H groups in total. The molecule has 0 aliphatic rings. The van der Waals surface area contributed by atoms with Crippen molar-refractivity contribution in [3.05, 3.63) is 65.2 Å². The van der Waals surface area contributed by atoms with Crippen molar-refractivity contribution in [2.24, 2.45) is 0 Å². The van der Waals surface area contributed by atoms with Crippen LogP contribution in [0, 0.1) is 11.6 Å². The monoisotopic (exact) mass is 358 g/mol. The van der Waals surface area contributed by atoms with Crippen molar-refractivity contribution in [3.63, 3.8) is 0 Å². The Hall–Kier alpha value is -2.48. The number of halogens is 5. The van der Waals surface area contributed by atoms with Crippen molar-refractivity contribution in [1.82, 2.24) is 4.90 Å². The molecule has 0 saturated heterocycles. The van der Waals surface area contributed by atoms with Crippen molar-refractivity contribution < 1.29 is 26.7 Å². The van der Waals surface area contributed by atoms with Crippen molar-refractivity contribution in [1.29, 1.82) is 0 Å². The highest BCUT2D eigenvalue weighted by atomic mass is 19.4. The van der Waals surface area contributed by atoms with E-state index in [1.165, 1.54) is 6.07 Å². The Labute approximate surface area is 141 Å². The molecule has 8 heteroatoms. The number of carbonyl (C=O) groups is 1. The van der Waals surface area contributed by atoms with Gasteiger partial charge in [0.25, 0.3) is 0 Å². The number of carbonyl (C=O) groups excluding carboxylic acids is 1. The summed E-state index contributed by atoms with van der Waals surface area (Å²) in [5, 5.41) is 2.48. The van der Waals surface area contributed by atoms with Crippen LogP contribution in [0.4, 0.5) is 27.6 Å². The van der Waals surface area contributed by atoms with E-state index < -0.39 is 29.3 Å². The predicted molar refractivity (Wildman–Crippen MR) is 82.8 cm³/mol. The van der Waals surface area contributed by atoms with Crippen LogP contribution in [0.1, 0.15) is 11.1 Å². The molecular weight excluding hydrogens is 343 g/mol. The molecule has 134 valence electrons. The maximum Gasteiger partial charge on any atom is 0.416 e. The van der Waals surface area contributed by atoms with Gasteiger partial charge in [-0.25, -0.2) is 8.78 Å². The van der Waals surface area contributed by atoms with Gasteiger partial charge in [0.2, 0.25) is 5.91 Å². The summed E-state index contributed by atoms with van der Waals surface area (Å²) in [5.74, 6) is -2.36. The molecule has 1 amide bonds. The molecule has 0 aliphatic carbocycles. The number of rotatable bonds is 5. The van der Waals surface area contributed by atoms with Gasteiger partial charge in [0.15, 0.2) is 11.6 Å². The molecule has 0 heterocycles. The zero-order valence-electron chi connectivity index (χ0n) is 13.2. The Morgan fingerprint density at radius 1 is 1.04 bits per heavy atom. The lowest BCUT2D eigenvalue weighted by Gasteiger charge is -2.16. The average Bonchev–Trinajstić information content (AvgIpc) is 2.50. The lowest BCUT2D eigenvalue weighted by Crippen LogP contribution is -2.29. The van der Waals surface area contributed by atoms with Crippen LogP contribution in [0.25, 0.3) is 0 Å². The molecule has 0 spiro atoms. The molecule has 2 rings (SSSR count). The van der Waals surface area contributed by atoms with Crippen LogP contribution in [-0.2, 0) is 17.5 Å². The van der Waals surface area contributed by atoms with Gasteiger partial charge in [-0.1, -0.05) is 6.07 Å². The molecular formula is C17H15F5N2O. The van der Waals surface area contributed by atoms with E-state index in [-0.39, 0.29) is 18.8 Å². The first-order valence-electron chi connectivity index (χ1n) is 7.25. The Balaban J connectivity index is 1.89. The summed E-state index contributed by atoms with van der Waals surface area (Å²) in [6.45, 7) is 0.137. The topological polar surface area (TPSA) is 32.3 Å². The maximum atomic E-state index is 13.1. The molecule has 0 aromatic heterocycles. The third kappa shape index (κ3) is 5.53. The molecule has 0 saturated carbocycles. The van der Waals surface area contributed by atoms with Gasteiger partial charge in [0, 0.05) is 12.2 Å². The Bertz CT molecular complexity index is 744. The highest BCUT2D eigenvalue weighted by Crippen LogP contribution is 2.29. The molecule has 0 bridgehead atoms. The summed E-state index contributed by atoms with van der Waals surface area (Å²) in [4.78, 5) is 13.5. The van der Waals surface area contributed by atoms with E-state index in [4.69, 9.17) is 0 Å². The minimum Gasteiger partial charge on any atom is -0.325 e. The summed E-state index contributed by atoms with van der Waals surface area (Å²) in [6.07, 6.45) is -4.44. The molecule has 0 atom stereocenters. The second-order valence-corrected chi connectivity index (χ2v) is 5.54. The number of likely N-dealkylation sites (N-methyl/N-ethyl adjacent to an activating group) is 1. The van der Waals surface area contributed by atoms with E-state index >= 15 is 0 Å². The van der Waals surface area contributed by atoms with Crippen molar-refractivity contribution in [2.75, 3.05) is 18.9 Å². The number of anilines is 1. The third-order valence-corrected chi connectivity index (χ3v) is 3.35. The Morgan fingerprint density at radius 2 is 1.68 bits per heavy atom. The fraction of sp³-hybridized carbons (Fsp3) is 0.235. The van der Waals surface area contributed by atoms with Gasteiger partial charge in [-0.05, 0) is 49.0 Å². The van der Waals surface area contributed by atoms with Gasteiger partial charge in [-0.2, -0.15) is 13.2 Å². The van der Waals surface area contributed by atoms with Gasteiger partial charge >= 0.3 is 6.18 Å². The van der Waals surface area contributed by atoms with Crippen LogP contribution in [0.5, 0.6) is 0 Å². The first-order chi connectivity index (χ1) is 11.6. The molecule has 0 fully saturated rings. The van der Waals surface area contributed by atoms with E-state index in [0.717, 1.165) is 36.4 Å². The molecule has 2 aromatic carbocycles. The molecule has 0 aliphatic heterocycles. The van der Waals surface area contributed by atoms with E-state index in [9.17, 15) is 26.7 Å². The standard InChI is InChI=1S/C17H15F5N2O/c1-24(9-11-2-7-14(18)15(19)8-11)10-16(25)23-13-5-3-12(4-6-13)17(20,21)22/h2-8H,9-10H2,1H3,(H,23,25). The van der Waals surface area contributed by atoms with Crippen LogP contribution in [0.3, 0.4) is 0 Å². The fourth-order valence-corrected chi connectivity index (χ4v) is 2.19. The number of amides is 1.